The van der Waals surface area contributed by atoms with Gasteiger partial charge in [-0.15, -0.1) is 0 Å². The number of rotatable bonds is 4. The van der Waals surface area contributed by atoms with E-state index < -0.39 is 0 Å². The van der Waals surface area contributed by atoms with E-state index in [4.69, 9.17) is 23.2 Å². The van der Waals surface area contributed by atoms with Gasteiger partial charge in [0.25, 0.3) is 11.8 Å². The number of benzene rings is 3. The van der Waals surface area contributed by atoms with E-state index >= 15 is 0 Å². The standard InChI is InChI=1S/C20H14Cl2N2O2/c21-16-9-5-4-8-15(16)20(26)23-14-10-11-18(17(22)12-14)24-19(25)13-6-2-1-3-7-13/h1-12H,(H,23,26)(H,24,25). The van der Waals surface area contributed by atoms with Gasteiger partial charge in [-0.25, -0.2) is 0 Å². The molecule has 2 amide bonds. The molecule has 0 aliphatic rings. The fourth-order valence-corrected chi connectivity index (χ4v) is 2.77. The predicted octanol–water partition coefficient (Wildman–Crippen LogP) is 5.50. The van der Waals surface area contributed by atoms with Gasteiger partial charge in [-0.2, -0.15) is 0 Å². The van der Waals surface area contributed by atoms with Crippen molar-refractivity contribution in [2.24, 2.45) is 0 Å². The van der Waals surface area contributed by atoms with E-state index in [1.807, 2.05) is 6.07 Å². The average Bonchev–Trinajstić information content (AvgIpc) is 2.65. The summed E-state index contributed by atoms with van der Waals surface area (Å²) in [7, 11) is 0. The van der Waals surface area contributed by atoms with Gasteiger partial charge in [0.2, 0.25) is 0 Å². The minimum absolute atomic E-state index is 0.264. The normalized spacial score (nSPS) is 10.2. The molecule has 3 rings (SSSR count). The van der Waals surface area contributed by atoms with Gasteiger partial charge in [0.15, 0.2) is 0 Å². The molecule has 4 nitrogen and oxygen atoms in total. The third kappa shape index (κ3) is 4.23. The van der Waals surface area contributed by atoms with Gasteiger partial charge in [0, 0.05) is 11.3 Å². The van der Waals surface area contributed by atoms with Gasteiger partial charge in [0.1, 0.15) is 0 Å². The molecule has 0 heterocycles. The molecule has 0 fully saturated rings. The summed E-state index contributed by atoms with van der Waals surface area (Å²) in [4.78, 5) is 24.5. The summed E-state index contributed by atoms with van der Waals surface area (Å²) in [5, 5.41) is 6.15. The van der Waals surface area contributed by atoms with Crippen molar-refractivity contribution >= 4 is 46.4 Å². The predicted molar refractivity (Wildman–Crippen MR) is 105 cm³/mol. The fraction of sp³-hybridized carbons (Fsp3) is 0. The van der Waals surface area contributed by atoms with Crippen molar-refractivity contribution in [2.75, 3.05) is 10.6 Å². The van der Waals surface area contributed by atoms with Crippen LogP contribution in [-0.2, 0) is 0 Å². The zero-order valence-electron chi connectivity index (χ0n) is 13.5. The second kappa shape index (κ2) is 8.04. The fourth-order valence-electron chi connectivity index (χ4n) is 2.32. The summed E-state index contributed by atoms with van der Waals surface area (Å²) in [6, 6.07) is 20.4. The molecule has 2 N–H and O–H groups in total. The summed E-state index contributed by atoms with van der Waals surface area (Å²) in [5.41, 5.74) is 1.85. The van der Waals surface area contributed by atoms with Crippen LogP contribution in [0.25, 0.3) is 0 Å². The van der Waals surface area contributed by atoms with E-state index in [9.17, 15) is 9.59 Å². The Morgan fingerprint density at radius 1 is 0.692 bits per heavy atom. The number of carbonyl (C=O) groups excluding carboxylic acids is 2. The molecular formula is C20H14Cl2N2O2. The van der Waals surface area contributed by atoms with Crippen LogP contribution < -0.4 is 10.6 Å². The van der Waals surface area contributed by atoms with E-state index in [0.717, 1.165) is 0 Å². The maximum absolute atomic E-state index is 12.3. The molecule has 6 heteroatoms. The number of hydrogen-bond donors (Lipinski definition) is 2. The van der Waals surface area contributed by atoms with Crippen LogP contribution in [0, 0.1) is 0 Å². The molecule has 0 saturated carbocycles. The van der Waals surface area contributed by atoms with Crippen molar-refractivity contribution in [3.05, 3.63) is 94.0 Å². The number of halogens is 2. The summed E-state index contributed by atoms with van der Waals surface area (Å²) >= 11 is 12.3. The zero-order valence-corrected chi connectivity index (χ0v) is 15.0. The lowest BCUT2D eigenvalue weighted by atomic mass is 10.2. The zero-order chi connectivity index (χ0) is 18.5. The van der Waals surface area contributed by atoms with Crippen molar-refractivity contribution in [1.29, 1.82) is 0 Å². The lowest BCUT2D eigenvalue weighted by molar-refractivity contribution is 0.101. The Bertz CT molecular complexity index is 959. The average molecular weight is 385 g/mol. The number of hydrogen-bond acceptors (Lipinski definition) is 2. The summed E-state index contributed by atoms with van der Waals surface area (Å²) in [6.45, 7) is 0. The second-order valence-electron chi connectivity index (χ2n) is 5.45. The first-order valence-electron chi connectivity index (χ1n) is 7.76. The minimum Gasteiger partial charge on any atom is -0.322 e. The SMILES string of the molecule is O=C(Nc1ccc(NC(=O)c2ccccc2Cl)cc1Cl)c1ccccc1. The van der Waals surface area contributed by atoms with Crippen LogP contribution in [0.15, 0.2) is 72.8 Å². The first-order chi connectivity index (χ1) is 12.5. The summed E-state index contributed by atoms with van der Waals surface area (Å²) < 4.78 is 0. The number of anilines is 2. The quantitative estimate of drug-likeness (QED) is 0.623. The number of carbonyl (C=O) groups is 2. The Balaban J connectivity index is 1.72. The van der Waals surface area contributed by atoms with Gasteiger partial charge >= 0.3 is 0 Å². The third-order valence-electron chi connectivity index (χ3n) is 3.63. The molecule has 0 aliphatic carbocycles. The van der Waals surface area contributed by atoms with Gasteiger partial charge in [-0.05, 0) is 42.5 Å². The molecule has 0 aliphatic heterocycles. The largest absolute Gasteiger partial charge is 0.322 e. The van der Waals surface area contributed by atoms with Crippen LogP contribution in [0.2, 0.25) is 10.0 Å². The van der Waals surface area contributed by atoms with E-state index in [1.54, 1.807) is 66.7 Å². The maximum Gasteiger partial charge on any atom is 0.257 e. The Morgan fingerprint density at radius 3 is 2.08 bits per heavy atom. The summed E-state index contributed by atoms with van der Waals surface area (Å²) in [5.74, 6) is -0.604. The molecule has 0 unspecified atom stereocenters. The molecule has 3 aromatic carbocycles. The smallest absolute Gasteiger partial charge is 0.257 e. The second-order valence-corrected chi connectivity index (χ2v) is 6.26. The minimum atomic E-state index is -0.340. The number of nitrogens with one attached hydrogen (secondary N) is 2. The Hall–Kier alpha value is -2.82. The highest BCUT2D eigenvalue weighted by molar-refractivity contribution is 6.35. The van der Waals surface area contributed by atoms with Crippen LogP contribution in [0.1, 0.15) is 20.7 Å². The molecule has 0 spiro atoms. The number of amides is 2. The first kappa shape index (κ1) is 18.0. The van der Waals surface area contributed by atoms with E-state index in [2.05, 4.69) is 10.6 Å². The Kier molecular flexibility index (Phi) is 5.56. The van der Waals surface area contributed by atoms with Crippen molar-refractivity contribution in [1.82, 2.24) is 0 Å². The molecule has 0 saturated heterocycles. The molecule has 0 aromatic heterocycles. The summed E-state index contributed by atoms with van der Waals surface area (Å²) in [6.07, 6.45) is 0. The van der Waals surface area contributed by atoms with Crippen molar-refractivity contribution in [3.8, 4) is 0 Å². The van der Waals surface area contributed by atoms with Gasteiger partial charge in [-0.3, -0.25) is 9.59 Å². The monoisotopic (exact) mass is 384 g/mol. The molecule has 130 valence electrons. The van der Waals surface area contributed by atoms with Crippen molar-refractivity contribution in [3.63, 3.8) is 0 Å². The van der Waals surface area contributed by atoms with Crippen molar-refractivity contribution in [2.45, 2.75) is 0 Å². The van der Waals surface area contributed by atoms with Crippen LogP contribution in [0.3, 0.4) is 0 Å². The van der Waals surface area contributed by atoms with Crippen LogP contribution in [0.4, 0.5) is 11.4 Å². The van der Waals surface area contributed by atoms with Crippen LogP contribution in [-0.4, -0.2) is 11.8 Å². The Morgan fingerprint density at radius 2 is 1.38 bits per heavy atom. The van der Waals surface area contributed by atoms with Gasteiger partial charge in [0.05, 0.1) is 21.3 Å². The van der Waals surface area contributed by atoms with Crippen molar-refractivity contribution < 1.29 is 9.59 Å². The van der Waals surface area contributed by atoms with E-state index in [-0.39, 0.29) is 11.8 Å². The topological polar surface area (TPSA) is 58.2 Å². The third-order valence-corrected chi connectivity index (χ3v) is 4.27. The first-order valence-corrected chi connectivity index (χ1v) is 8.52. The molecule has 0 atom stereocenters. The lowest BCUT2D eigenvalue weighted by Gasteiger charge is -2.11. The van der Waals surface area contributed by atoms with Crippen LogP contribution >= 0.6 is 23.2 Å². The van der Waals surface area contributed by atoms with Gasteiger partial charge < -0.3 is 10.6 Å². The lowest BCUT2D eigenvalue weighted by Crippen LogP contribution is -2.14. The highest BCUT2D eigenvalue weighted by atomic mass is 35.5. The molecular weight excluding hydrogens is 371 g/mol. The maximum atomic E-state index is 12.3. The molecule has 0 radical (unpaired) electrons. The molecule has 3 aromatic rings. The van der Waals surface area contributed by atoms with Crippen LogP contribution in [0.5, 0.6) is 0 Å². The van der Waals surface area contributed by atoms with E-state index in [1.165, 1.54) is 0 Å². The Labute approximate surface area is 160 Å². The molecule has 0 bridgehead atoms. The molecule has 26 heavy (non-hydrogen) atoms. The highest BCUT2D eigenvalue weighted by Gasteiger charge is 2.12. The van der Waals surface area contributed by atoms with E-state index in [0.29, 0.717) is 32.5 Å². The highest BCUT2D eigenvalue weighted by Crippen LogP contribution is 2.27. The van der Waals surface area contributed by atoms with Gasteiger partial charge in [-0.1, -0.05) is 53.5 Å².